The number of aryl methyl sites for hydroxylation is 1. The van der Waals surface area contributed by atoms with Crippen molar-refractivity contribution < 1.29 is 17.7 Å². The molecule has 36 heavy (non-hydrogen) atoms. The lowest BCUT2D eigenvalue weighted by molar-refractivity contribution is -0.141. The van der Waals surface area contributed by atoms with Crippen molar-refractivity contribution in [3.8, 4) is 10.7 Å². The van der Waals surface area contributed by atoms with Gasteiger partial charge in [0.05, 0.1) is 15.7 Å². The van der Waals surface area contributed by atoms with Gasteiger partial charge in [0.1, 0.15) is 6.54 Å². The molecule has 0 N–H and O–H groups in total. The number of thiophene rings is 1. The summed E-state index contributed by atoms with van der Waals surface area (Å²) in [6, 6.07) is 10.9. The minimum absolute atomic E-state index is 0.0124. The summed E-state index contributed by atoms with van der Waals surface area (Å²) in [6.07, 6.45) is 6.54. The largest absolute Gasteiger partial charge is 0.337 e. The molecule has 2 fully saturated rings. The maximum atomic E-state index is 13.9. The monoisotopic (exact) mass is 528 g/mol. The lowest BCUT2D eigenvalue weighted by Gasteiger charge is -2.38. The molecule has 1 saturated heterocycles. The van der Waals surface area contributed by atoms with Crippen LogP contribution in [0.2, 0.25) is 0 Å². The van der Waals surface area contributed by atoms with Gasteiger partial charge in [0.2, 0.25) is 27.6 Å². The van der Waals surface area contributed by atoms with Gasteiger partial charge in [0, 0.05) is 19.1 Å². The molecule has 5 rings (SSSR count). The molecule has 192 valence electrons. The molecule has 1 atom stereocenters. The van der Waals surface area contributed by atoms with Crippen LogP contribution in [0.1, 0.15) is 56.4 Å². The molecule has 10 heteroatoms. The number of hydrogen-bond donors (Lipinski definition) is 0. The predicted molar refractivity (Wildman–Crippen MR) is 138 cm³/mol. The van der Waals surface area contributed by atoms with Gasteiger partial charge >= 0.3 is 0 Å². The molecule has 2 aromatic heterocycles. The molecule has 1 saturated carbocycles. The average molecular weight is 529 g/mol. The molecular weight excluding hydrogens is 496 g/mol. The highest BCUT2D eigenvalue weighted by molar-refractivity contribution is 7.89. The van der Waals surface area contributed by atoms with Gasteiger partial charge in [-0.25, -0.2) is 8.42 Å². The van der Waals surface area contributed by atoms with Crippen molar-refractivity contribution in [3.05, 3.63) is 53.2 Å². The Morgan fingerprint density at radius 2 is 1.89 bits per heavy atom. The minimum atomic E-state index is -3.65. The Bertz CT molecular complexity index is 1270. The van der Waals surface area contributed by atoms with Gasteiger partial charge in [-0.1, -0.05) is 48.2 Å². The molecule has 3 aromatic rings. The second-order valence-electron chi connectivity index (χ2n) is 9.76. The number of sulfonamides is 1. The number of aromatic nitrogens is 2. The predicted octanol–water partition coefficient (Wildman–Crippen LogP) is 4.87. The molecule has 1 aliphatic carbocycles. The van der Waals surface area contributed by atoms with Gasteiger partial charge in [-0.05, 0) is 56.2 Å². The van der Waals surface area contributed by atoms with Crippen LogP contribution in [0.3, 0.4) is 0 Å². The van der Waals surface area contributed by atoms with E-state index in [4.69, 9.17) is 4.52 Å². The molecule has 1 aromatic carbocycles. The van der Waals surface area contributed by atoms with Crippen LogP contribution in [-0.2, 0) is 21.4 Å². The fraction of sp³-hybridized carbons (Fsp3) is 0.500. The van der Waals surface area contributed by atoms with E-state index in [0.717, 1.165) is 36.1 Å². The summed E-state index contributed by atoms with van der Waals surface area (Å²) in [5, 5.41) is 6.07. The lowest BCUT2D eigenvalue weighted by atomic mass is 9.91. The number of amides is 1. The second kappa shape index (κ2) is 10.8. The summed E-state index contributed by atoms with van der Waals surface area (Å²) < 4.78 is 33.6. The van der Waals surface area contributed by atoms with Crippen LogP contribution in [0.15, 0.2) is 51.2 Å². The molecule has 2 aliphatic rings. The number of benzene rings is 1. The Kier molecular flexibility index (Phi) is 7.55. The molecule has 0 unspecified atom stereocenters. The first kappa shape index (κ1) is 25.1. The third-order valence-electron chi connectivity index (χ3n) is 7.21. The number of carbonyl (C=O) groups excluding carboxylic acids is 1. The van der Waals surface area contributed by atoms with E-state index in [1.807, 2.05) is 29.3 Å². The minimum Gasteiger partial charge on any atom is -0.337 e. The quantitative estimate of drug-likeness (QED) is 0.434. The molecule has 1 amide bonds. The Morgan fingerprint density at radius 1 is 1.11 bits per heavy atom. The Hall–Kier alpha value is -2.56. The van der Waals surface area contributed by atoms with Crippen LogP contribution in [0, 0.1) is 12.8 Å². The Balaban J connectivity index is 1.35. The summed E-state index contributed by atoms with van der Waals surface area (Å²) in [4.78, 5) is 21.5. The molecule has 8 nitrogen and oxygen atoms in total. The van der Waals surface area contributed by atoms with Crippen molar-refractivity contribution in [1.29, 1.82) is 0 Å². The molecule has 0 radical (unpaired) electrons. The Labute approximate surface area is 216 Å². The van der Waals surface area contributed by atoms with Crippen molar-refractivity contribution >= 4 is 27.3 Å². The van der Waals surface area contributed by atoms with Crippen LogP contribution < -0.4 is 0 Å². The number of nitrogens with zero attached hydrogens (tertiary/aromatic N) is 4. The van der Waals surface area contributed by atoms with Crippen molar-refractivity contribution in [2.45, 2.75) is 69.4 Å². The van der Waals surface area contributed by atoms with Gasteiger partial charge in [-0.15, -0.1) is 11.3 Å². The van der Waals surface area contributed by atoms with E-state index in [-0.39, 0.29) is 35.9 Å². The molecule has 1 aliphatic heterocycles. The normalized spacial score (nSPS) is 19.9. The van der Waals surface area contributed by atoms with Crippen LogP contribution in [0.5, 0.6) is 0 Å². The standard InChI is InChI=1S/C26H32N4O4S2/c1-19-11-13-22(14-12-19)36(32,33)29-15-5-7-20(17-29)26(31)30(21-8-3-2-4-9-21)18-24-27-25(28-34-24)23-10-6-16-35-23/h6,10-14,16,20-21H,2-5,7-9,15,17-18H2,1H3/t20-/m1/s1. The molecule has 0 spiro atoms. The summed E-state index contributed by atoms with van der Waals surface area (Å²) in [6.45, 7) is 2.81. The van der Waals surface area contributed by atoms with E-state index in [9.17, 15) is 13.2 Å². The van der Waals surface area contributed by atoms with Crippen molar-refractivity contribution in [3.63, 3.8) is 0 Å². The van der Waals surface area contributed by atoms with E-state index < -0.39 is 10.0 Å². The summed E-state index contributed by atoms with van der Waals surface area (Å²) in [5.41, 5.74) is 1.01. The van der Waals surface area contributed by atoms with Crippen LogP contribution in [0.4, 0.5) is 0 Å². The van der Waals surface area contributed by atoms with Gasteiger partial charge in [-0.3, -0.25) is 4.79 Å². The number of piperidine rings is 1. The highest BCUT2D eigenvalue weighted by Gasteiger charge is 2.37. The van der Waals surface area contributed by atoms with E-state index in [1.165, 1.54) is 22.1 Å². The van der Waals surface area contributed by atoms with Crippen LogP contribution in [0.25, 0.3) is 10.7 Å². The van der Waals surface area contributed by atoms with E-state index in [1.54, 1.807) is 24.3 Å². The maximum Gasteiger partial charge on any atom is 0.246 e. The SMILES string of the molecule is Cc1ccc(S(=O)(=O)N2CCC[C@@H](C(=O)N(Cc3nc(-c4cccs4)no3)C3CCCCC3)C2)cc1. The lowest BCUT2D eigenvalue weighted by Crippen LogP contribution is -2.49. The van der Waals surface area contributed by atoms with Crippen LogP contribution in [-0.4, -0.2) is 52.8 Å². The average Bonchev–Trinajstić information content (AvgIpc) is 3.60. The third kappa shape index (κ3) is 5.40. The zero-order valence-electron chi connectivity index (χ0n) is 20.5. The van der Waals surface area contributed by atoms with E-state index >= 15 is 0 Å². The van der Waals surface area contributed by atoms with Crippen molar-refractivity contribution in [2.24, 2.45) is 5.92 Å². The summed E-state index contributed by atoms with van der Waals surface area (Å²) in [7, 11) is -3.65. The zero-order valence-corrected chi connectivity index (χ0v) is 22.1. The summed E-state index contributed by atoms with van der Waals surface area (Å²) >= 11 is 1.54. The highest BCUT2D eigenvalue weighted by Crippen LogP contribution is 2.30. The van der Waals surface area contributed by atoms with Gasteiger partial charge in [0.25, 0.3) is 0 Å². The maximum absolute atomic E-state index is 13.9. The van der Waals surface area contributed by atoms with E-state index in [2.05, 4.69) is 10.1 Å². The fourth-order valence-corrected chi connectivity index (χ4v) is 7.38. The topological polar surface area (TPSA) is 96.6 Å². The number of carbonyl (C=O) groups is 1. The third-order valence-corrected chi connectivity index (χ3v) is 9.95. The fourth-order valence-electron chi connectivity index (χ4n) is 5.21. The first-order valence-electron chi connectivity index (χ1n) is 12.7. The van der Waals surface area contributed by atoms with Crippen molar-refractivity contribution in [1.82, 2.24) is 19.3 Å². The highest BCUT2D eigenvalue weighted by atomic mass is 32.2. The summed E-state index contributed by atoms with van der Waals surface area (Å²) in [5.74, 6) is 0.545. The first-order valence-corrected chi connectivity index (χ1v) is 15.0. The zero-order chi connectivity index (χ0) is 25.1. The van der Waals surface area contributed by atoms with Crippen LogP contribution >= 0.6 is 11.3 Å². The van der Waals surface area contributed by atoms with Crippen molar-refractivity contribution in [2.75, 3.05) is 13.1 Å². The van der Waals surface area contributed by atoms with Gasteiger partial charge < -0.3 is 9.42 Å². The molecule has 3 heterocycles. The van der Waals surface area contributed by atoms with Gasteiger partial charge in [0.15, 0.2) is 0 Å². The molecular formula is C26H32N4O4S2. The Morgan fingerprint density at radius 3 is 2.61 bits per heavy atom. The second-order valence-corrected chi connectivity index (χ2v) is 12.6. The smallest absolute Gasteiger partial charge is 0.246 e. The van der Waals surface area contributed by atoms with Gasteiger partial charge in [-0.2, -0.15) is 9.29 Å². The number of rotatable bonds is 7. The van der Waals surface area contributed by atoms with E-state index in [0.29, 0.717) is 31.1 Å². The first-order chi connectivity index (χ1) is 17.4. The number of hydrogen-bond acceptors (Lipinski definition) is 7. The molecule has 0 bridgehead atoms.